The smallest absolute Gasteiger partial charge is 0.254 e. The molecular weight excluding hydrogens is 474 g/mol. The summed E-state index contributed by atoms with van der Waals surface area (Å²) in [4.78, 5) is 31.0. The van der Waals surface area contributed by atoms with Crippen LogP contribution in [0.25, 0.3) is 0 Å². The molecule has 5 rings (SSSR count). The Bertz CT molecular complexity index is 1090. The van der Waals surface area contributed by atoms with Gasteiger partial charge in [-0.15, -0.1) is 0 Å². The van der Waals surface area contributed by atoms with Gasteiger partial charge in [-0.05, 0) is 80.7 Å². The largest absolute Gasteiger partial charge is 0.494 e. The number of carbonyl (C=O) groups is 2. The molecule has 3 fully saturated rings. The number of fused-ring (bicyclic) bond motifs is 1. The predicted molar refractivity (Wildman–Crippen MR) is 150 cm³/mol. The van der Waals surface area contributed by atoms with Crippen LogP contribution in [0.4, 0.5) is 0 Å². The molecule has 0 bridgehead atoms. The molecule has 38 heavy (non-hydrogen) atoms. The molecular formula is C32H43N3O3. The second-order valence-corrected chi connectivity index (χ2v) is 11.6. The van der Waals surface area contributed by atoms with Gasteiger partial charge in [0.05, 0.1) is 12.6 Å². The number of nitrogens with one attached hydrogen (secondary N) is 1. The molecule has 0 aromatic heterocycles. The van der Waals surface area contributed by atoms with Crippen molar-refractivity contribution in [3.63, 3.8) is 0 Å². The van der Waals surface area contributed by atoms with E-state index in [2.05, 4.69) is 39.4 Å². The van der Waals surface area contributed by atoms with Crippen molar-refractivity contribution in [2.75, 3.05) is 39.3 Å². The maximum absolute atomic E-state index is 13.5. The van der Waals surface area contributed by atoms with E-state index < -0.39 is 0 Å². The van der Waals surface area contributed by atoms with E-state index in [0.29, 0.717) is 18.4 Å². The highest BCUT2D eigenvalue weighted by molar-refractivity contribution is 5.97. The lowest BCUT2D eigenvalue weighted by molar-refractivity contribution is -0.125. The third-order valence-corrected chi connectivity index (χ3v) is 8.86. The van der Waals surface area contributed by atoms with Crippen LogP contribution in [0, 0.1) is 31.6 Å². The highest BCUT2D eigenvalue weighted by Crippen LogP contribution is 2.34. The van der Waals surface area contributed by atoms with E-state index in [1.807, 2.05) is 39.0 Å². The Labute approximate surface area is 227 Å². The van der Waals surface area contributed by atoms with Gasteiger partial charge in [-0.25, -0.2) is 0 Å². The zero-order valence-corrected chi connectivity index (χ0v) is 23.2. The molecule has 204 valence electrons. The fraction of sp³-hybridized carbons (Fsp3) is 0.562. The summed E-state index contributed by atoms with van der Waals surface area (Å²) in [5.74, 6) is 2.43. The van der Waals surface area contributed by atoms with Crippen LogP contribution < -0.4 is 10.1 Å². The molecule has 6 heteroatoms. The molecule has 3 aliphatic rings. The van der Waals surface area contributed by atoms with Crippen LogP contribution in [0.1, 0.15) is 72.1 Å². The van der Waals surface area contributed by atoms with Gasteiger partial charge in [-0.3, -0.25) is 9.59 Å². The number of hydrogen-bond acceptors (Lipinski definition) is 4. The Morgan fingerprint density at radius 2 is 1.61 bits per heavy atom. The van der Waals surface area contributed by atoms with Gasteiger partial charge in [0.1, 0.15) is 5.75 Å². The SMILES string of the molecule is CCOc1cc(C)c(C(=O)N2CC3CN(CC[C@H](NC(=O)C4CCCC4)c4ccccc4)CC3C2)c(C)c1. The minimum atomic E-state index is 0.0495. The topological polar surface area (TPSA) is 61.9 Å². The van der Waals surface area contributed by atoms with Gasteiger partial charge in [0, 0.05) is 44.2 Å². The highest BCUT2D eigenvalue weighted by atomic mass is 16.5. The van der Waals surface area contributed by atoms with Gasteiger partial charge in [0.15, 0.2) is 0 Å². The van der Waals surface area contributed by atoms with Crippen molar-refractivity contribution < 1.29 is 14.3 Å². The number of likely N-dealkylation sites (tertiary alicyclic amines) is 2. The third kappa shape index (κ3) is 5.90. The first kappa shape index (κ1) is 26.7. The summed E-state index contributed by atoms with van der Waals surface area (Å²) in [6, 6.07) is 14.4. The Hall–Kier alpha value is -2.86. The lowest BCUT2D eigenvalue weighted by Crippen LogP contribution is -2.37. The number of hydrogen-bond donors (Lipinski definition) is 1. The van der Waals surface area contributed by atoms with E-state index in [1.165, 1.54) is 18.4 Å². The molecule has 2 saturated heterocycles. The van der Waals surface area contributed by atoms with Gasteiger partial charge in [0.25, 0.3) is 5.91 Å². The van der Waals surface area contributed by atoms with Crippen LogP contribution in [0.2, 0.25) is 0 Å². The van der Waals surface area contributed by atoms with Crippen molar-refractivity contribution in [1.82, 2.24) is 15.1 Å². The van der Waals surface area contributed by atoms with E-state index in [-0.39, 0.29) is 23.8 Å². The van der Waals surface area contributed by atoms with Gasteiger partial charge in [-0.2, -0.15) is 0 Å². The number of amides is 2. The minimum Gasteiger partial charge on any atom is -0.494 e. The summed E-state index contributed by atoms with van der Waals surface area (Å²) in [5.41, 5.74) is 4.00. The minimum absolute atomic E-state index is 0.0495. The lowest BCUT2D eigenvalue weighted by Gasteiger charge is -2.26. The zero-order valence-electron chi connectivity index (χ0n) is 23.2. The molecule has 1 N–H and O–H groups in total. The van der Waals surface area contributed by atoms with E-state index in [0.717, 1.165) is 74.4 Å². The van der Waals surface area contributed by atoms with Crippen molar-refractivity contribution in [1.29, 1.82) is 0 Å². The first-order valence-corrected chi connectivity index (χ1v) is 14.5. The fourth-order valence-electron chi connectivity index (χ4n) is 6.90. The second-order valence-electron chi connectivity index (χ2n) is 11.6. The van der Waals surface area contributed by atoms with Gasteiger partial charge in [0.2, 0.25) is 5.91 Å². The van der Waals surface area contributed by atoms with E-state index in [4.69, 9.17) is 4.74 Å². The molecule has 0 spiro atoms. The van der Waals surface area contributed by atoms with Crippen LogP contribution in [-0.2, 0) is 4.79 Å². The standard InChI is InChI=1S/C32H43N3O3/c1-4-38-28-16-22(2)30(23(3)17-28)32(37)35-20-26-18-34(19-27(26)21-35)15-14-29(24-10-6-5-7-11-24)33-31(36)25-12-8-9-13-25/h5-7,10-11,16-17,25-27,29H,4,8-9,12-15,18-21H2,1-3H3,(H,33,36)/t26?,27?,29-/m0/s1. The number of aryl methyl sites for hydroxylation is 2. The van der Waals surface area contributed by atoms with Crippen molar-refractivity contribution in [3.05, 3.63) is 64.7 Å². The molecule has 2 aromatic carbocycles. The molecule has 3 atom stereocenters. The molecule has 2 unspecified atom stereocenters. The van der Waals surface area contributed by atoms with E-state index >= 15 is 0 Å². The van der Waals surface area contributed by atoms with Crippen molar-refractivity contribution in [3.8, 4) is 5.75 Å². The molecule has 2 heterocycles. The molecule has 2 aromatic rings. The molecule has 2 amide bonds. The van der Waals surface area contributed by atoms with E-state index in [1.54, 1.807) is 0 Å². The molecule has 1 saturated carbocycles. The van der Waals surface area contributed by atoms with Gasteiger partial charge >= 0.3 is 0 Å². The second kappa shape index (κ2) is 11.9. The third-order valence-electron chi connectivity index (χ3n) is 8.86. The van der Waals surface area contributed by atoms with Crippen LogP contribution in [-0.4, -0.2) is 60.9 Å². The summed E-state index contributed by atoms with van der Waals surface area (Å²) < 4.78 is 5.66. The quantitative estimate of drug-likeness (QED) is 0.500. The summed E-state index contributed by atoms with van der Waals surface area (Å²) in [7, 11) is 0. The average molecular weight is 518 g/mol. The summed E-state index contributed by atoms with van der Waals surface area (Å²) in [6.45, 7) is 11.3. The molecule has 6 nitrogen and oxygen atoms in total. The number of nitrogens with zero attached hydrogens (tertiary/aromatic N) is 2. The molecule has 1 aliphatic carbocycles. The van der Waals surface area contributed by atoms with Crippen molar-refractivity contribution in [2.45, 2.75) is 58.9 Å². The fourth-order valence-corrected chi connectivity index (χ4v) is 6.90. The highest BCUT2D eigenvalue weighted by Gasteiger charge is 2.42. The Kier molecular flexibility index (Phi) is 8.37. The van der Waals surface area contributed by atoms with Gasteiger partial charge in [-0.1, -0.05) is 43.2 Å². The summed E-state index contributed by atoms with van der Waals surface area (Å²) in [6.07, 6.45) is 5.29. The predicted octanol–water partition coefficient (Wildman–Crippen LogP) is 5.14. The Balaban J connectivity index is 1.16. The van der Waals surface area contributed by atoms with Gasteiger partial charge < -0.3 is 19.9 Å². The summed E-state index contributed by atoms with van der Waals surface area (Å²) in [5, 5.41) is 3.38. The van der Waals surface area contributed by atoms with Crippen LogP contribution in [0.15, 0.2) is 42.5 Å². The average Bonchev–Trinajstić information content (AvgIpc) is 3.64. The first-order valence-electron chi connectivity index (χ1n) is 14.5. The molecule has 0 radical (unpaired) electrons. The van der Waals surface area contributed by atoms with Crippen LogP contribution in [0.3, 0.4) is 0 Å². The zero-order chi connectivity index (χ0) is 26.6. The Morgan fingerprint density at radius 1 is 0.974 bits per heavy atom. The maximum atomic E-state index is 13.5. The molecule has 2 aliphatic heterocycles. The van der Waals surface area contributed by atoms with Crippen molar-refractivity contribution in [2.24, 2.45) is 17.8 Å². The number of ether oxygens (including phenoxy) is 1. The summed E-state index contributed by atoms with van der Waals surface area (Å²) >= 11 is 0. The van der Waals surface area contributed by atoms with Crippen LogP contribution >= 0.6 is 0 Å². The number of benzene rings is 2. The number of rotatable bonds is 9. The number of carbonyl (C=O) groups excluding carboxylic acids is 2. The van der Waals surface area contributed by atoms with Crippen molar-refractivity contribution >= 4 is 11.8 Å². The monoisotopic (exact) mass is 517 g/mol. The van der Waals surface area contributed by atoms with Crippen LogP contribution in [0.5, 0.6) is 5.75 Å². The van der Waals surface area contributed by atoms with E-state index in [9.17, 15) is 9.59 Å². The Morgan fingerprint density at radius 3 is 2.21 bits per heavy atom. The first-order chi connectivity index (χ1) is 18.4. The normalized spacial score (nSPS) is 22.4. The maximum Gasteiger partial charge on any atom is 0.254 e. The lowest BCUT2D eigenvalue weighted by atomic mass is 10.0.